The SMILES string of the molecule is CN=C(NCCCC(C)C)NCc1ccc(C(=O)NC)cc1. The Morgan fingerprint density at radius 1 is 1.18 bits per heavy atom. The molecule has 1 aromatic rings. The van der Waals surface area contributed by atoms with Crippen molar-refractivity contribution in [3.05, 3.63) is 35.4 Å². The van der Waals surface area contributed by atoms with Crippen LogP contribution < -0.4 is 16.0 Å². The Morgan fingerprint density at radius 3 is 2.41 bits per heavy atom. The molecule has 0 unspecified atom stereocenters. The van der Waals surface area contributed by atoms with Gasteiger partial charge in [0.25, 0.3) is 5.91 Å². The van der Waals surface area contributed by atoms with Crippen LogP contribution in [0, 0.1) is 5.92 Å². The molecule has 3 N–H and O–H groups in total. The number of hydrogen-bond acceptors (Lipinski definition) is 2. The molecule has 1 aromatic carbocycles. The molecule has 5 heteroatoms. The van der Waals surface area contributed by atoms with Gasteiger partial charge in [-0.2, -0.15) is 0 Å². The third-order valence-electron chi connectivity index (χ3n) is 3.38. The van der Waals surface area contributed by atoms with Gasteiger partial charge < -0.3 is 16.0 Å². The molecule has 0 aliphatic heterocycles. The highest BCUT2D eigenvalue weighted by Crippen LogP contribution is 2.04. The fraction of sp³-hybridized carbons (Fsp3) is 0.529. The molecule has 0 aromatic heterocycles. The predicted octanol–water partition coefficient (Wildman–Crippen LogP) is 2.15. The van der Waals surface area contributed by atoms with E-state index in [4.69, 9.17) is 0 Å². The molecule has 0 fully saturated rings. The van der Waals surface area contributed by atoms with E-state index in [0.29, 0.717) is 12.1 Å². The third-order valence-corrected chi connectivity index (χ3v) is 3.38. The molecular weight excluding hydrogens is 276 g/mol. The Kier molecular flexibility index (Phi) is 8.04. The van der Waals surface area contributed by atoms with Gasteiger partial charge in [0, 0.05) is 32.7 Å². The van der Waals surface area contributed by atoms with E-state index in [1.807, 2.05) is 24.3 Å². The van der Waals surface area contributed by atoms with E-state index < -0.39 is 0 Å². The number of rotatable bonds is 7. The minimum absolute atomic E-state index is 0.0675. The van der Waals surface area contributed by atoms with Gasteiger partial charge in [0.15, 0.2) is 5.96 Å². The minimum Gasteiger partial charge on any atom is -0.356 e. The monoisotopic (exact) mass is 304 g/mol. The molecule has 0 spiro atoms. The summed E-state index contributed by atoms with van der Waals surface area (Å²) in [5.41, 5.74) is 1.78. The number of nitrogens with one attached hydrogen (secondary N) is 3. The van der Waals surface area contributed by atoms with Crippen LogP contribution >= 0.6 is 0 Å². The lowest BCUT2D eigenvalue weighted by atomic mass is 10.1. The highest BCUT2D eigenvalue weighted by atomic mass is 16.1. The van der Waals surface area contributed by atoms with Gasteiger partial charge in [0.05, 0.1) is 0 Å². The highest BCUT2D eigenvalue weighted by molar-refractivity contribution is 5.93. The molecule has 0 atom stereocenters. The molecule has 122 valence electrons. The van der Waals surface area contributed by atoms with Crippen molar-refractivity contribution in [1.29, 1.82) is 0 Å². The van der Waals surface area contributed by atoms with Crippen molar-refractivity contribution >= 4 is 11.9 Å². The topological polar surface area (TPSA) is 65.5 Å². The van der Waals surface area contributed by atoms with E-state index in [1.54, 1.807) is 14.1 Å². The second kappa shape index (κ2) is 9.82. The maximum absolute atomic E-state index is 11.5. The zero-order valence-corrected chi connectivity index (χ0v) is 14.1. The first-order valence-corrected chi connectivity index (χ1v) is 7.82. The van der Waals surface area contributed by atoms with Crippen LogP contribution in [0.4, 0.5) is 0 Å². The van der Waals surface area contributed by atoms with Crippen LogP contribution in [0.1, 0.15) is 42.6 Å². The van der Waals surface area contributed by atoms with Crippen molar-refractivity contribution < 1.29 is 4.79 Å². The molecule has 0 aliphatic carbocycles. The Morgan fingerprint density at radius 2 is 1.86 bits per heavy atom. The van der Waals surface area contributed by atoms with Crippen LogP contribution in [-0.2, 0) is 6.54 Å². The quantitative estimate of drug-likeness (QED) is 0.411. The fourth-order valence-corrected chi connectivity index (χ4v) is 2.04. The lowest BCUT2D eigenvalue weighted by Crippen LogP contribution is -2.37. The second-order valence-electron chi connectivity index (χ2n) is 5.66. The minimum atomic E-state index is -0.0675. The van der Waals surface area contributed by atoms with Crippen LogP contribution in [0.25, 0.3) is 0 Å². The van der Waals surface area contributed by atoms with E-state index in [2.05, 4.69) is 34.8 Å². The van der Waals surface area contributed by atoms with E-state index in [1.165, 1.54) is 6.42 Å². The zero-order valence-electron chi connectivity index (χ0n) is 14.1. The molecule has 0 heterocycles. The van der Waals surface area contributed by atoms with Crippen molar-refractivity contribution in [3.63, 3.8) is 0 Å². The first-order valence-electron chi connectivity index (χ1n) is 7.82. The normalized spacial score (nSPS) is 11.4. The standard InChI is InChI=1S/C17H28N4O/c1-13(2)6-5-11-20-17(19-4)21-12-14-7-9-15(10-8-14)16(22)18-3/h7-10,13H,5-6,11-12H2,1-4H3,(H,18,22)(H2,19,20,21). The number of carbonyl (C=O) groups is 1. The molecular formula is C17H28N4O. The van der Waals surface area contributed by atoms with E-state index in [9.17, 15) is 4.79 Å². The van der Waals surface area contributed by atoms with Gasteiger partial charge >= 0.3 is 0 Å². The maximum atomic E-state index is 11.5. The summed E-state index contributed by atoms with van der Waals surface area (Å²) in [5, 5.41) is 9.20. The van der Waals surface area contributed by atoms with Gasteiger partial charge in [0.1, 0.15) is 0 Å². The summed E-state index contributed by atoms with van der Waals surface area (Å²) in [4.78, 5) is 15.7. The summed E-state index contributed by atoms with van der Waals surface area (Å²) in [6, 6.07) is 7.55. The van der Waals surface area contributed by atoms with E-state index >= 15 is 0 Å². The number of nitrogens with zero attached hydrogens (tertiary/aromatic N) is 1. The lowest BCUT2D eigenvalue weighted by Gasteiger charge is -2.12. The van der Waals surface area contributed by atoms with Crippen LogP contribution in [0.2, 0.25) is 0 Å². The van der Waals surface area contributed by atoms with Crippen LogP contribution in [0.5, 0.6) is 0 Å². The van der Waals surface area contributed by atoms with Crippen LogP contribution in [0.15, 0.2) is 29.3 Å². The Hall–Kier alpha value is -2.04. The van der Waals surface area contributed by atoms with Gasteiger partial charge in [0.2, 0.25) is 0 Å². The smallest absolute Gasteiger partial charge is 0.251 e. The third kappa shape index (κ3) is 6.61. The molecule has 1 rings (SSSR count). The van der Waals surface area contributed by atoms with Crippen molar-refractivity contribution in [2.24, 2.45) is 10.9 Å². The van der Waals surface area contributed by atoms with Crippen molar-refractivity contribution in [1.82, 2.24) is 16.0 Å². The number of hydrogen-bond donors (Lipinski definition) is 3. The molecule has 22 heavy (non-hydrogen) atoms. The maximum Gasteiger partial charge on any atom is 0.251 e. The Labute approximate surface area is 133 Å². The van der Waals surface area contributed by atoms with Crippen LogP contribution in [0.3, 0.4) is 0 Å². The van der Waals surface area contributed by atoms with E-state index in [0.717, 1.165) is 30.4 Å². The number of aliphatic imine (C=N–C) groups is 1. The number of carbonyl (C=O) groups excluding carboxylic acids is 1. The predicted molar refractivity (Wildman–Crippen MR) is 92.1 cm³/mol. The first kappa shape index (κ1) is 18.0. The molecule has 0 aliphatic rings. The van der Waals surface area contributed by atoms with Crippen molar-refractivity contribution in [2.45, 2.75) is 33.2 Å². The highest BCUT2D eigenvalue weighted by Gasteiger charge is 2.03. The Balaban J connectivity index is 2.38. The van der Waals surface area contributed by atoms with Gasteiger partial charge in [-0.05, 0) is 36.5 Å². The summed E-state index contributed by atoms with van der Waals surface area (Å²) in [5.74, 6) is 1.47. The molecule has 5 nitrogen and oxygen atoms in total. The summed E-state index contributed by atoms with van der Waals surface area (Å²) in [6.45, 7) is 6.07. The van der Waals surface area contributed by atoms with Crippen LogP contribution in [-0.4, -0.2) is 32.5 Å². The average Bonchev–Trinajstić information content (AvgIpc) is 2.53. The van der Waals surface area contributed by atoms with E-state index in [-0.39, 0.29) is 5.91 Å². The fourth-order valence-electron chi connectivity index (χ4n) is 2.04. The molecule has 0 bridgehead atoms. The Bertz CT molecular complexity index is 480. The number of amides is 1. The van der Waals surface area contributed by atoms with Gasteiger partial charge in [-0.1, -0.05) is 26.0 Å². The number of guanidine groups is 1. The first-order chi connectivity index (χ1) is 10.6. The van der Waals surface area contributed by atoms with Crippen molar-refractivity contribution in [2.75, 3.05) is 20.6 Å². The molecule has 1 amide bonds. The van der Waals surface area contributed by atoms with Crippen molar-refractivity contribution in [3.8, 4) is 0 Å². The molecule has 0 radical (unpaired) electrons. The second-order valence-corrected chi connectivity index (χ2v) is 5.66. The van der Waals surface area contributed by atoms with Gasteiger partial charge in [-0.3, -0.25) is 9.79 Å². The van der Waals surface area contributed by atoms with Gasteiger partial charge in [-0.25, -0.2) is 0 Å². The largest absolute Gasteiger partial charge is 0.356 e. The van der Waals surface area contributed by atoms with Gasteiger partial charge in [-0.15, -0.1) is 0 Å². The summed E-state index contributed by atoms with van der Waals surface area (Å²) < 4.78 is 0. The zero-order chi connectivity index (χ0) is 16.4. The number of benzene rings is 1. The average molecular weight is 304 g/mol. The lowest BCUT2D eigenvalue weighted by molar-refractivity contribution is 0.0963. The summed E-state index contributed by atoms with van der Waals surface area (Å²) in [6.07, 6.45) is 2.35. The molecule has 0 saturated heterocycles. The summed E-state index contributed by atoms with van der Waals surface area (Å²) >= 11 is 0. The summed E-state index contributed by atoms with van der Waals surface area (Å²) in [7, 11) is 3.40. The molecule has 0 saturated carbocycles.